The normalized spacial score (nSPS) is 15.0. The van der Waals surface area contributed by atoms with Gasteiger partial charge in [-0.2, -0.15) is 0 Å². The molecule has 9 nitrogen and oxygen atoms in total. The molecular weight excluding hydrogens is 404 g/mol. The van der Waals surface area contributed by atoms with Gasteiger partial charge >= 0.3 is 5.97 Å². The van der Waals surface area contributed by atoms with Crippen LogP contribution in [0, 0.1) is 6.92 Å². The van der Waals surface area contributed by atoms with Gasteiger partial charge < -0.3 is 19.5 Å². The fourth-order valence-electron chi connectivity index (χ4n) is 3.39. The molecule has 2 heterocycles. The van der Waals surface area contributed by atoms with Crippen molar-refractivity contribution in [3.05, 3.63) is 58.7 Å². The number of amides is 3. The summed E-state index contributed by atoms with van der Waals surface area (Å²) in [6.07, 6.45) is 0. The highest BCUT2D eigenvalue weighted by atomic mass is 16.7. The van der Waals surface area contributed by atoms with Gasteiger partial charge in [0.2, 0.25) is 6.79 Å². The summed E-state index contributed by atoms with van der Waals surface area (Å²) in [4.78, 5) is 50.4. The first kappa shape index (κ1) is 20.4. The average Bonchev–Trinajstić information content (AvgIpc) is 3.32. The van der Waals surface area contributed by atoms with E-state index in [-0.39, 0.29) is 24.5 Å². The van der Waals surface area contributed by atoms with Crippen molar-refractivity contribution >= 4 is 23.7 Å². The Morgan fingerprint density at radius 3 is 2.61 bits per heavy atom. The summed E-state index contributed by atoms with van der Waals surface area (Å²) in [7, 11) is 0. The van der Waals surface area contributed by atoms with E-state index in [0.717, 1.165) is 16.0 Å². The number of nitrogens with one attached hydrogen (secondary N) is 1. The number of imide groups is 1. The molecule has 0 saturated heterocycles. The molecule has 2 aromatic rings. The van der Waals surface area contributed by atoms with E-state index in [1.807, 2.05) is 0 Å². The highest BCUT2D eigenvalue weighted by molar-refractivity contribution is 6.22. The van der Waals surface area contributed by atoms with Crippen LogP contribution in [0.4, 0.5) is 0 Å². The molecule has 160 valence electrons. The van der Waals surface area contributed by atoms with Crippen molar-refractivity contribution in [1.82, 2.24) is 10.2 Å². The molecule has 1 unspecified atom stereocenters. The number of aryl methyl sites for hydroxylation is 1. The number of hydrogen-bond donors (Lipinski definition) is 1. The van der Waals surface area contributed by atoms with Crippen LogP contribution >= 0.6 is 0 Å². The fourth-order valence-corrected chi connectivity index (χ4v) is 3.39. The van der Waals surface area contributed by atoms with Crippen LogP contribution in [0.3, 0.4) is 0 Å². The zero-order valence-electron chi connectivity index (χ0n) is 17.0. The van der Waals surface area contributed by atoms with Crippen LogP contribution in [0.25, 0.3) is 0 Å². The highest BCUT2D eigenvalue weighted by Crippen LogP contribution is 2.32. The molecule has 0 fully saturated rings. The first-order chi connectivity index (χ1) is 14.8. The summed E-state index contributed by atoms with van der Waals surface area (Å²) in [5.41, 5.74) is 2.12. The second-order valence-corrected chi connectivity index (χ2v) is 7.28. The summed E-state index contributed by atoms with van der Waals surface area (Å²) in [6, 6.07) is 9.01. The average molecular weight is 424 g/mol. The SMILES string of the molecule is Cc1ccc2c(c1)C(=O)N(C(C)C(=O)OCC(=O)NCc1ccc3c(c1)OCO3)C2=O. The summed E-state index contributed by atoms with van der Waals surface area (Å²) in [5.74, 6) is -1.23. The Hall–Kier alpha value is -3.88. The minimum absolute atomic E-state index is 0.159. The van der Waals surface area contributed by atoms with E-state index in [2.05, 4.69) is 5.32 Å². The number of esters is 1. The minimum atomic E-state index is -1.16. The maximum absolute atomic E-state index is 12.6. The molecule has 0 aromatic heterocycles. The first-order valence-corrected chi connectivity index (χ1v) is 9.65. The third-order valence-electron chi connectivity index (χ3n) is 5.07. The van der Waals surface area contributed by atoms with Crippen molar-refractivity contribution in [3.63, 3.8) is 0 Å². The van der Waals surface area contributed by atoms with Crippen molar-refractivity contribution in [1.29, 1.82) is 0 Å². The van der Waals surface area contributed by atoms with Crippen LogP contribution < -0.4 is 14.8 Å². The lowest BCUT2D eigenvalue weighted by molar-refractivity contribution is -0.151. The van der Waals surface area contributed by atoms with Gasteiger partial charge in [0.15, 0.2) is 18.1 Å². The number of carbonyl (C=O) groups is 4. The van der Waals surface area contributed by atoms with Crippen molar-refractivity contribution in [2.45, 2.75) is 26.4 Å². The smallest absolute Gasteiger partial charge is 0.329 e. The van der Waals surface area contributed by atoms with E-state index in [0.29, 0.717) is 11.5 Å². The van der Waals surface area contributed by atoms with Crippen molar-refractivity contribution in [3.8, 4) is 11.5 Å². The maximum Gasteiger partial charge on any atom is 0.329 e. The van der Waals surface area contributed by atoms with E-state index in [9.17, 15) is 19.2 Å². The Morgan fingerprint density at radius 2 is 1.81 bits per heavy atom. The summed E-state index contributed by atoms with van der Waals surface area (Å²) < 4.78 is 15.5. The summed E-state index contributed by atoms with van der Waals surface area (Å²) >= 11 is 0. The Balaban J connectivity index is 1.30. The Kier molecular flexibility index (Phi) is 5.33. The number of ether oxygens (including phenoxy) is 3. The molecule has 4 rings (SSSR count). The van der Waals surface area contributed by atoms with Crippen LogP contribution in [-0.2, 0) is 20.9 Å². The van der Waals surface area contributed by atoms with Gasteiger partial charge in [-0.3, -0.25) is 19.3 Å². The van der Waals surface area contributed by atoms with Crippen LogP contribution in [-0.4, -0.2) is 48.0 Å². The lowest BCUT2D eigenvalue weighted by Crippen LogP contribution is -2.44. The van der Waals surface area contributed by atoms with Gasteiger partial charge in [-0.15, -0.1) is 0 Å². The standard InChI is InChI=1S/C22H20N2O7/c1-12-3-5-15-16(7-12)21(27)24(20(15)26)13(2)22(28)29-10-19(25)23-9-14-4-6-17-18(8-14)31-11-30-17/h3-8,13H,9-11H2,1-2H3,(H,23,25). The van der Waals surface area contributed by atoms with Gasteiger partial charge in [-0.1, -0.05) is 17.7 Å². The van der Waals surface area contributed by atoms with Crippen LogP contribution in [0.15, 0.2) is 36.4 Å². The van der Waals surface area contributed by atoms with Gasteiger partial charge in [-0.05, 0) is 43.7 Å². The van der Waals surface area contributed by atoms with Crippen molar-refractivity contribution in [2.24, 2.45) is 0 Å². The largest absolute Gasteiger partial charge is 0.454 e. The first-order valence-electron chi connectivity index (χ1n) is 9.65. The number of rotatable bonds is 6. The lowest BCUT2D eigenvalue weighted by Gasteiger charge is -2.20. The number of benzene rings is 2. The van der Waals surface area contributed by atoms with Crippen molar-refractivity contribution < 1.29 is 33.4 Å². The third-order valence-corrected chi connectivity index (χ3v) is 5.07. The van der Waals surface area contributed by atoms with Gasteiger partial charge in [0, 0.05) is 6.54 Å². The second kappa shape index (κ2) is 8.10. The van der Waals surface area contributed by atoms with Crippen molar-refractivity contribution in [2.75, 3.05) is 13.4 Å². The molecule has 3 amide bonds. The van der Waals surface area contributed by atoms with E-state index >= 15 is 0 Å². The fraction of sp³-hybridized carbons (Fsp3) is 0.273. The minimum Gasteiger partial charge on any atom is -0.454 e. The Morgan fingerprint density at radius 1 is 1.06 bits per heavy atom. The van der Waals surface area contributed by atoms with E-state index in [1.165, 1.54) is 6.92 Å². The second-order valence-electron chi connectivity index (χ2n) is 7.28. The molecule has 0 saturated carbocycles. The van der Waals surface area contributed by atoms with Crippen LogP contribution in [0.2, 0.25) is 0 Å². The molecule has 0 aliphatic carbocycles. The zero-order valence-corrected chi connectivity index (χ0v) is 17.0. The molecule has 1 atom stereocenters. The van der Waals surface area contributed by atoms with Gasteiger partial charge in [-0.25, -0.2) is 4.79 Å². The molecule has 2 aliphatic heterocycles. The third kappa shape index (κ3) is 3.94. The zero-order chi connectivity index (χ0) is 22.1. The topological polar surface area (TPSA) is 111 Å². The predicted molar refractivity (Wildman–Crippen MR) is 107 cm³/mol. The van der Waals surface area contributed by atoms with Gasteiger partial charge in [0.1, 0.15) is 6.04 Å². The molecule has 0 bridgehead atoms. The molecule has 0 radical (unpaired) electrons. The number of fused-ring (bicyclic) bond motifs is 2. The monoisotopic (exact) mass is 424 g/mol. The maximum atomic E-state index is 12.6. The Bertz CT molecular complexity index is 1100. The Labute approximate surface area is 177 Å². The van der Waals surface area contributed by atoms with E-state index in [4.69, 9.17) is 14.2 Å². The number of nitrogens with zero attached hydrogens (tertiary/aromatic N) is 1. The molecule has 0 spiro atoms. The van der Waals surface area contributed by atoms with Crippen LogP contribution in [0.1, 0.15) is 38.8 Å². The predicted octanol–water partition coefficient (Wildman–Crippen LogP) is 1.57. The molecule has 1 N–H and O–H groups in total. The quantitative estimate of drug-likeness (QED) is 0.553. The van der Waals surface area contributed by atoms with Crippen LogP contribution in [0.5, 0.6) is 11.5 Å². The molecule has 2 aromatic carbocycles. The lowest BCUT2D eigenvalue weighted by atomic mass is 10.1. The molecular formula is C22H20N2O7. The number of hydrogen-bond acceptors (Lipinski definition) is 7. The molecule has 9 heteroatoms. The highest BCUT2D eigenvalue weighted by Gasteiger charge is 2.41. The number of carbonyl (C=O) groups excluding carboxylic acids is 4. The van der Waals surface area contributed by atoms with E-state index in [1.54, 1.807) is 43.3 Å². The summed E-state index contributed by atoms with van der Waals surface area (Å²) in [5, 5.41) is 2.63. The summed E-state index contributed by atoms with van der Waals surface area (Å²) in [6.45, 7) is 3.03. The molecule has 31 heavy (non-hydrogen) atoms. The molecule has 2 aliphatic rings. The van der Waals surface area contributed by atoms with E-state index < -0.39 is 36.3 Å². The van der Waals surface area contributed by atoms with Gasteiger partial charge in [0.25, 0.3) is 17.7 Å². The van der Waals surface area contributed by atoms with Gasteiger partial charge in [0.05, 0.1) is 11.1 Å².